The van der Waals surface area contributed by atoms with E-state index in [0.717, 1.165) is 31.8 Å². The van der Waals surface area contributed by atoms with Crippen LogP contribution in [0.4, 0.5) is 0 Å². The van der Waals surface area contributed by atoms with Gasteiger partial charge in [-0.05, 0) is 23.8 Å². The molecule has 1 aromatic heterocycles. The highest BCUT2D eigenvalue weighted by Crippen LogP contribution is 2.24. The molecule has 2 heterocycles. The molecule has 122 valence electrons. The zero-order chi connectivity index (χ0) is 16.4. The lowest BCUT2D eigenvalue weighted by Gasteiger charge is -2.25. The van der Waals surface area contributed by atoms with Crippen molar-refractivity contribution in [2.75, 3.05) is 13.2 Å². The van der Waals surface area contributed by atoms with Crippen LogP contribution in [0.5, 0.6) is 5.75 Å². The Bertz CT molecular complexity index is 865. The molecule has 1 aliphatic rings. The van der Waals surface area contributed by atoms with Gasteiger partial charge >= 0.3 is 0 Å². The molecule has 4 rings (SSSR count). The Hall–Kier alpha value is -2.52. The number of aromatic nitrogens is 1. The normalized spacial score (nSPS) is 16.8. The molecule has 2 N–H and O–H groups in total. The molecular formula is C21H23N2O+. The van der Waals surface area contributed by atoms with Gasteiger partial charge in [0.1, 0.15) is 25.4 Å². The Labute approximate surface area is 142 Å². The van der Waals surface area contributed by atoms with E-state index in [4.69, 9.17) is 4.74 Å². The highest BCUT2D eigenvalue weighted by Gasteiger charge is 2.24. The van der Waals surface area contributed by atoms with Gasteiger partial charge in [0.05, 0.1) is 12.2 Å². The Morgan fingerprint density at radius 3 is 2.88 bits per heavy atom. The van der Waals surface area contributed by atoms with Crippen LogP contribution in [0.15, 0.2) is 61.2 Å². The van der Waals surface area contributed by atoms with E-state index in [1.165, 1.54) is 27.7 Å². The van der Waals surface area contributed by atoms with E-state index in [1.54, 1.807) is 11.0 Å². The number of quaternary nitrogens is 1. The molecule has 2 aromatic carbocycles. The average Bonchev–Trinajstić information content (AvgIpc) is 2.99. The number of ether oxygens (including phenoxy) is 1. The molecule has 0 saturated heterocycles. The van der Waals surface area contributed by atoms with Crippen molar-refractivity contribution in [3.05, 3.63) is 78.0 Å². The molecule has 1 atom stereocenters. The first-order chi connectivity index (χ1) is 11.8. The largest absolute Gasteiger partial charge is 0.489 e. The Morgan fingerprint density at radius 2 is 1.96 bits per heavy atom. The minimum absolute atomic E-state index is 0.554. The first-order valence-electron chi connectivity index (χ1n) is 8.59. The number of rotatable bonds is 5. The second kappa shape index (κ2) is 6.54. The molecule has 0 saturated carbocycles. The van der Waals surface area contributed by atoms with Gasteiger partial charge in [-0.2, -0.15) is 0 Å². The van der Waals surface area contributed by atoms with E-state index in [9.17, 15) is 0 Å². The first kappa shape index (κ1) is 15.0. The number of nitrogens with one attached hydrogen (secondary N) is 2. The number of fused-ring (bicyclic) bond motifs is 3. The second-order valence-corrected chi connectivity index (χ2v) is 6.44. The topological polar surface area (TPSA) is 29.5 Å². The van der Waals surface area contributed by atoms with Crippen LogP contribution in [-0.4, -0.2) is 18.1 Å². The SMILES string of the molecule is C=CCOc1ccccc1C[NH+]1CCc2c([nH]c3ccccc23)C1. The maximum absolute atomic E-state index is 5.81. The summed E-state index contributed by atoms with van der Waals surface area (Å²) in [5, 5.41) is 1.39. The van der Waals surface area contributed by atoms with Gasteiger partial charge in [0.25, 0.3) is 0 Å². The predicted octanol–water partition coefficient (Wildman–Crippen LogP) is 2.87. The highest BCUT2D eigenvalue weighted by atomic mass is 16.5. The summed E-state index contributed by atoms with van der Waals surface area (Å²) in [5.41, 5.74) is 5.43. The number of aromatic amines is 1. The van der Waals surface area contributed by atoms with E-state index in [0.29, 0.717) is 6.61 Å². The van der Waals surface area contributed by atoms with Crippen molar-refractivity contribution in [2.24, 2.45) is 0 Å². The van der Waals surface area contributed by atoms with Crippen molar-refractivity contribution >= 4 is 10.9 Å². The number of benzene rings is 2. The zero-order valence-corrected chi connectivity index (χ0v) is 13.8. The lowest BCUT2D eigenvalue weighted by Crippen LogP contribution is -3.10. The standard InChI is InChI=1S/C21H22N2O/c1-2-13-24-21-10-6-3-7-16(21)14-23-12-11-18-17-8-4-5-9-19(17)22-20(18)15-23/h2-10,22H,1,11-15H2/p+1. The third kappa shape index (κ3) is 2.83. The Kier molecular flexibility index (Phi) is 4.09. The summed E-state index contributed by atoms with van der Waals surface area (Å²) in [6.45, 7) is 7.47. The van der Waals surface area contributed by atoms with E-state index in [-0.39, 0.29) is 0 Å². The summed E-state index contributed by atoms with van der Waals surface area (Å²) in [6, 6.07) is 17.0. The fourth-order valence-electron chi connectivity index (χ4n) is 3.69. The van der Waals surface area contributed by atoms with Crippen molar-refractivity contribution in [1.82, 2.24) is 4.98 Å². The molecule has 24 heavy (non-hydrogen) atoms. The van der Waals surface area contributed by atoms with Gasteiger partial charge in [-0.15, -0.1) is 0 Å². The van der Waals surface area contributed by atoms with Crippen molar-refractivity contribution in [3.63, 3.8) is 0 Å². The van der Waals surface area contributed by atoms with E-state index in [1.807, 2.05) is 6.07 Å². The number of H-pyrrole nitrogens is 1. The van der Waals surface area contributed by atoms with Crippen molar-refractivity contribution in [3.8, 4) is 5.75 Å². The molecule has 1 aliphatic heterocycles. The Morgan fingerprint density at radius 1 is 1.12 bits per heavy atom. The molecule has 3 aromatic rings. The molecule has 3 heteroatoms. The summed E-state index contributed by atoms with van der Waals surface area (Å²) in [5.74, 6) is 0.979. The van der Waals surface area contributed by atoms with Gasteiger partial charge in [-0.1, -0.05) is 43.0 Å². The smallest absolute Gasteiger partial charge is 0.128 e. The van der Waals surface area contributed by atoms with Gasteiger partial charge < -0.3 is 14.6 Å². The number of para-hydroxylation sites is 2. The molecule has 0 spiro atoms. The third-order valence-corrected chi connectivity index (χ3v) is 4.83. The van der Waals surface area contributed by atoms with Crippen LogP contribution in [0.1, 0.15) is 16.8 Å². The minimum Gasteiger partial charge on any atom is -0.489 e. The van der Waals surface area contributed by atoms with Crippen LogP contribution in [0.2, 0.25) is 0 Å². The fraction of sp³-hybridized carbons (Fsp3) is 0.238. The van der Waals surface area contributed by atoms with Gasteiger partial charge in [0.15, 0.2) is 0 Å². The second-order valence-electron chi connectivity index (χ2n) is 6.44. The van der Waals surface area contributed by atoms with Crippen LogP contribution < -0.4 is 9.64 Å². The van der Waals surface area contributed by atoms with Gasteiger partial charge in [0, 0.05) is 22.9 Å². The summed E-state index contributed by atoms with van der Waals surface area (Å²) in [7, 11) is 0. The van der Waals surface area contributed by atoms with Crippen LogP contribution in [0, 0.1) is 0 Å². The zero-order valence-electron chi connectivity index (χ0n) is 13.8. The molecule has 3 nitrogen and oxygen atoms in total. The maximum Gasteiger partial charge on any atom is 0.128 e. The molecule has 0 fully saturated rings. The van der Waals surface area contributed by atoms with Gasteiger partial charge in [0.2, 0.25) is 0 Å². The molecular weight excluding hydrogens is 296 g/mol. The van der Waals surface area contributed by atoms with E-state index >= 15 is 0 Å². The lowest BCUT2D eigenvalue weighted by atomic mass is 10.0. The molecule has 0 radical (unpaired) electrons. The fourth-order valence-corrected chi connectivity index (χ4v) is 3.69. The summed E-state index contributed by atoms with van der Waals surface area (Å²) < 4.78 is 5.81. The number of hydrogen-bond acceptors (Lipinski definition) is 1. The predicted molar refractivity (Wildman–Crippen MR) is 97.4 cm³/mol. The molecule has 0 aliphatic carbocycles. The van der Waals surface area contributed by atoms with Crippen molar-refractivity contribution < 1.29 is 9.64 Å². The summed E-state index contributed by atoms with van der Waals surface area (Å²) in [6.07, 6.45) is 2.92. The van der Waals surface area contributed by atoms with E-state index < -0.39 is 0 Å². The van der Waals surface area contributed by atoms with Gasteiger partial charge in [-0.25, -0.2) is 0 Å². The lowest BCUT2D eigenvalue weighted by molar-refractivity contribution is -0.929. The quantitative estimate of drug-likeness (QED) is 0.696. The molecule has 1 unspecified atom stereocenters. The maximum atomic E-state index is 5.81. The average molecular weight is 319 g/mol. The van der Waals surface area contributed by atoms with E-state index in [2.05, 4.69) is 54.0 Å². The monoisotopic (exact) mass is 319 g/mol. The third-order valence-electron chi connectivity index (χ3n) is 4.83. The summed E-state index contributed by atoms with van der Waals surface area (Å²) in [4.78, 5) is 5.19. The first-order valence-corrected chi connectivity index (χ1v) is 8.59. The highest BCUT2D eigenvalue weighted by molar-refractivity contribution is 5.84. The molecule has 0 amide bonds. The van der Waals surface area contributed by atoms with Gasteiger partial charge in [-0.3, -0.25) is 0 Å². The van der Waals surface area contributed by atoms with Crippen molar-refractivity contribution in [2.45, 2.75) is 19.5 Å². The Balaban J connectivity index is 1.54. The van der Waals surface area contributed by atoms with Crippen molar-refractivity contribution in [1.29, 1.82) is 0 Å². The molecule has 0 bridgehead atoms. The minimum atomic E-state index is 0.554. The number of hydrogen-bond donors (Lipinski definition) is 2. The van der Waals surface area contributed by atoms with Crippen LogP contribution >= 0.6 is 0 Å². The van der Waals surface area contributed by atoms with Crippen LogP contribution in [0.3, 0.4) is 0 Å². The summed E-state index contributed by atoms with van der Waals surface area (Å²) >= 11 is 0. The van der Waals surface area contributed by atoms with Crippen LogP contribution in [0.25, 0.3) is 10.9 Å². The van der Waals surface area contributed by atoms with Crippen LogP contribution in [-0.2, 0) is 19.5 Å².